The van der Waals surface area contributed by atoms with Gasteiger partial charge in [0.05, 0.1) is 7.11 Å². The second-order valence-corrected chi connectivity index (χ2v) is 7.94. The first kappa shape index (κ1) is 17.6. The summed E-state index contributed by atoms with van der Waals surface area (Å²) >= 11 is 1.96. The van der Waals surface area contributed by atoms with Gasteiger partial charge in [0.25, 0.3) is 0 Å². The highest BCUT2D eigenvalue weighted by molar-refractivity contribution is 7.99. The van der Waals surface area contributed by atoms with Crippen LogP contribution in [0.15, 0.2) is 24.3 Å². The van der Waals surface area contributed by atoms with Gasteiger partial charge in [-0.2, -0.15) is 11.8 Å². The van der Waals surface area contributed by atoms with Crippen molar-refractivity contribution in [3.05, 3.63) is 29.8 Å². The van der Waals surface area contributed by atoms with Gasteiger partial charge in [-0.25, -0.2) is 0 Å². The molecule has 24 heavy (non-hydrogen) atoms. The fourth-order valence-corrected chi connectivity index (χ4v) is 4.53. The Hall–Kier alpha value is -1.20. The van der Waals surface area contributed by atoms with Crippen LogP contribution in [0.3, 0.4) is 0 Å². The number of carbonyl (C=O) groups is 1. The summed E-state index contributed by atoms with van der Waals surface area (Å²) in [7, 11) is 1.70. The van der Waals surface area contributed by atoms with Crippen molar-refractivity contribution in [1.82, 2.24) is 10.2 Å². The second kappa shape index (κ2) is 8.77. The quantitative estimate of drug-likeness (QED) is 0.888. The van der Waals surface area contributed by atoms with Crippen LogP contribution in [0.5, 0.6) is 5.75 Å². The van der Waals surface area contributed by atoms with E-state index in [1.54, 1.807) is 7.11 Å². The number of benzene rings is 1. The molecule has 1 N–H and O–H groups in total. The number of amides is 1. The molecule has 1 aliphatic carbocycles. The Morgan fingerprint density at radius 2 is 2.00 bits per heavy atom. The lowest BCUT2D eigenvalue weighted by molar-refractivity contribution is -0.136. The Bertz CT molecular complexity index is 538. The highest BCUT2D eigenvalue weighted by Crippen LogP contribution is 2.27. The third-order valence-electron chi connectivity index (χ3n) is 5.13. The predicted molar refractivity (Wildman–Crippen MR) is 99.5 cm³/mol. The van der Waals surface area contributed by atoms with Crippen LogP contribution in [0.2, 0.25) is 0 Å². The molecule has 1 amide bonds. The molecule has 2 fully saturated rings. The second-order valence-electron chi connectivity index (χ2n) is 6.72. The molecule has 1 saturated carbocycles. The Morgan fingerprint density at radius 3 is 2.71 bits per heavy atom. The standard InChI is InChI=1S/C19H28N2O2S/c1-23-18-4-2-3-15(13-18)14-20-17-7-5-16(6-8-17)19(22)21-9-11-24-12-10-21/h2-4,13,16-17,20H,5-12,14H2,1H3. The van der Waals surface area contributed by atoms with Crippen molar-refractivity contribution in [2.75, 3.05) is 31.7 Å². The summed E-state index contributed by atoms with van der Waals surface area (Å²) in [5.41, 5.74) is 1.25. The maximum Gasteiger partial charge on any atom is 0.225 e. The minimum absolute atomic E-state index is 0.253. The predicted octanol–water partition coefficient (Wildman–Crippen LogP) is 2.92. The van der Waals surface area contributed by atoms with Crippen molar-refractivity contribution in [1.29, 1.82) is 0 Å². The molecule has 0 radical (unpaired) electrons. The number of nitrogens with one attached hydrogen (secondary N) is 1. The molecule has 3 rings (SSSR count). The fourth-order valence-electron chi connectivity index (χ4n) is 3.63. The topological polar surface area (TPSA) is 41.6 Å². The maximum absolute atomic E-state index is 12.6. The Morgan fingerprint density at radius 1 is 1.25 bits per heavy atom. The van der Waals surface area contributed by atoms with Crippen molar-refractivity contribution in [3.63, 3.8) is 0 Å². The zero-order valence-corrected chi connectivity index (χ0v) is 15.3. The van der Waals surface area contributed by atoms with Crippen molar-refractivity contribution in [3.8, 4) is 5.75 Å². The van der Waals surface area contributed by atoms with Gasteiger partial charge in [0, 0.05) is 43.1 Å². The molecule has 0 atom stereocenters. The lowest BCUT2D eigenvalue weighted by atomic mass is 9.85. The molecule has 1 aromatic carbocycles. The van der Waals surface area contributed by atoms with E-state index in [9.17, 15) is 4.79 Å². The van der Waals surface area contributed by atoms with E-state index in [2.05, 4.69) is 22.3 Å². The van der Waals surface area contributed by atoms with Crippen LogP contribution in [0.1, 0.15) is 31.2 Å². The van der Waals surface area contributed by atoms with Gasteiger partial charge in [0.2, 0.25) is 5.91 Å². The molecular weight excluding hydrogens is 320 g/mol. The van der Waals surface area contributed by atoms with E-state index in [4.69, 9.17) is 4.74 Å². The number of methoxy groups -OCH3 is 1. The van der Waals surface area contributed by atoms with Crippen LogP contribution < -0.4 is 10.1 Å². The van der Waals surface area contributed by atoms with Crippen LogP contribution in [0, 0.1) is 5.92 Å². The highest BCUT2D eigenvalue weighted by Gasteiger charge is 2.29. The molecule has 4 nitrogen and oxygen atoms in total. The van der Waals surface area contributed by atoms with Crippen molar-refractivity contribution >= 4 is 17.7 Å². The minimum atomic E-state index is 0.253. The van der Waals surface area contributed by atoms with Gasteiger partial charge < -0.3 is 15.0 Å². The van der Waals surface area contributed by atoms with E-state index in [1.807, 2.05) is 23.9 Å². The number of rotatable bonds is 5. The zero-order valence-electron chi connectivity index (χ0n) is 14.5. The van der Waals surface area contributed by atoms with Crippen molar-refractivity contribution in [2.45, 2.75) is 38.3 Å². The third kappa shape index (κ3) is 4.67. The smallest absolute Gasteiger partial charge is 0.225 e. The van der Waals surface area contributed by atoms with Gasteiger partial charge in [0.15, 0.2) is 0 Å². The number of hydrogen-bond donors (Lipinski definition) is 1. The van der Waals surface area contributed by atoms with Gasteiger partial charge in [0.1, 0.15) is 5.75 Å². The Kier molecular flexibility index (Phi) is 6.44. The molecule has 0 unspecified atom stereocenters. The number of ether oxygens (including phenoxy) is 1. The van der Waals surface area contributed by atoms with Crippen LogP contribution >= 0.6 is 11.8 Å². The largest absolute Gasteiger partial charge is 0.497 e. The monoisotopic (exact) mass is 348 g/mol. The third-order valence-corrected chi connectivity index (χ3v) is 6.07. The van der Waals surface area contributed by atoms with Crippen molar-refractivity contribution in [2.24, 2.45) is 5.92 Å². The van der Waals surface area contributed by atoms with Crippen LogP contribution in [-0.2, 0) is 11.3 Å². The Labute approximate surface area is 149 Å². The first-order valence-corrected chi connectivity index (χ1v) is 10.1. The summed E-state index contributed by atoms with van der Waals surface area (Å²) in [5.74, 6) is 3.76. The summed E-state index contributed by atoms with van der Waals surface area (Å²) in [5, 5.41) is 3.64. The van der Waals surface area contributed by atoms with E-state index in [-0.39, 0.29) is 5.92 Å². The molecular formula is C19H28N2O2S. The average molecular weight is 349 g/mol. The zero-order chi connectivity index (χ0) is 16.8. The first-order valence-electron chi connectivity index (χ1n) is 8.99. The van der Waals surface area contributed by atoms with Crippen LogP contribution in [0.25, 0.3) is 0 Å². The first-order chi connectivity index (χ1) is 11.8. The molecule has 1 aliphatic heterocycles. The molecule has 5 heteroatoms. The summed E-state index contributed by atoms with van der Waals surface area (Å²) in [4.78, 5) is 14.7. The summed E-state index contributed by atoms with van der Waals surface area (Å²) in [6.07, 6.45) is 4.25. The molecule has 1 aromatic rings. The lowest BCUT2D eigenvalue weighted by Gasteiger charge is -2.34. The molecule has 0 spiro atoms. The molecule has 1 saturated heterocycles. The highest BCUT2D eigenvalue weighted by atomic mass is 32.2. The van der Waals surface area contributed by atoms with Gasteiger partial charge in [-0.15, -0.1) is 0 Å². The van der Waals surface area contributed by atoms with Gasteiger partial charge >= 0.3 is 0 Å². The molecule has 1 heterocycles. The van der Waals surface area contributed by atoms with E-state index in [0.717, 1.165) is 62.6 Å². The van der Waals surface area contributed by atoms with Crippen LogP contribution in [0.4, 0.5) is 0 Å². The number of hydrogen-bond acceptors (Lipinski definition) is 4. The number of thioether (sulfide) groups is 1. The van der Waals surface area contributed by atoms with E-state index < -0.39 is 0 Å². The SMILES string of the molecule is COc1cccc(CNC2CCC(C(=O)N3CCSCC3)CC2)c1. The van der Waals surface area contributed by atoms with E-state index in [1.165, 1.54) is 5.56 Å². The molecule has 2 aliphatic rings. The fraction of sp³-hybridized carbons (Fsp3) is 0.632. The van der Waals surface area contributed by atoms with Crippen molar-refractivity contribution < 1.29 is 9.53 Å². The molecule has 132 valence electrons. The lowest BCUT2D eigenvalue weighted by Crippen LogP contribution is -2.44. The molecule has 0 bridgehead atoms. The van der Waals surface area contributed by atoms with E-state index in [0.29, 0.717) is 11.9 Å². The number of nitrogens with zero attached hydrogens (tertiary/aromatic N) is 1. The van der Waals surface area contributed by atoms with Gasteiger partial charge in [-0.05, 0) is 43.4 Å². The minimum Gasteiger partial charge on any atom is -0.497 e. The Balaban J connectivity index is 1.42. The molecule has 0 aromatic heterocycles. The van der Waals surface area contributed by atoms with Gasteiger partial charge in [-0.3, -0.25) is 4.79 Å². The summed E-state index contributed by atoms with van der Waals surface area (Å²) in [6.45, 7) is 2.75. The number of carbonyl (C=O) groups excluding carboxylic acids is 1. The maximum atomic E-state index is 12.6. The van der Waals surface area contributed by atoms with Gasteiger partial charge in [-0.1, -0.05) is 12.1 Å². The average Bonchev–Trinajstić information content (AvgIpc) is 2.67. The summed E-state index contributed by atoms with van der Waals surface area (Å²) in [6, 6.07) is 8.73. The summed E-state index contributed by atoms with van der Waals surface area (Å²) < 4.78 is 5.27. The van der Waals surface area contributed by atoms with E-state index >= 15 is 0 Å². The normalized spacial score (nSPS) is 24.6. The van der Waals surface area contributed by atoms with Crippen LogP contribution in [-0.4, -0.2) is 48.6 Å².